The van der Waals surface area contributed by atoms with Crippen molar-refractivity contribution >= 4 is 11.8 Å². The summed E-state index contributed by atoms with van der Waals surface area (Å²) < 4.78 is 0. The van der Waals surface area contributed by atoms with Crippen molar-refractivity contribution in [2.75, 3.05) is 32.7 Å². The first-order valence-electron chi connectivity index (χ1n) is 8.30. The largest absolute Gasteiger partial charge is 0.342 e. The van der Waals surface area contributed by atoms with Gasteiger partial charge in [-0.2, -0.15) is 0 Å². The number of likely N-dealkylation sites (tertiary alicyclic amines) is 2. The number of hydrogen-bond donors (Lipinski definition) is 1. The van der Waals surface area contributed by atoms with E-state index in [-0.39, 0.29) is 17.7 Å². The lowest BCUT2D eigenvalue weighted by molar-refractivity contribution is -0.142. The van der Waals surface area contributed by atoms with Gasteiger partial charge in [-0.25, -0.2) is 0 Å². The summed E-state index contributed by atoms with van der Waals surface area (Å²) in [5.74, 6) is 1.24. The van der Waals surface area contributed by atoms with Gasteiger partial charge >= 0.3 is 0 Å². The Morgan fingerprint density at radius 3 is 2.00 bits per heavy atom. The molecule has 0 radical (unpaired) electrons. The van der Waals surface area contributed by atoms with Crippen LogP contribution in [0.15, 0.2) is 0 Å². The van der Waals surface area contributed by atoms with Crippen LogP contribution in [0.2, 0.25) is 0 Å². The third-order valence-corrected chi connectivity index (χ3v) is 4.91. The number of hydrogen-bond acceptors (Lipinski definition) is 3. The predicted octanol–water partition coefficient (Wildman–Crippen LogP) is 1.08. The molecule has 0 aromatic heterocycles. The van der Waals surface area contributed by atoms with Crippen LogP contribution < -0.4 is 5.73 Å². The molecule has 0 aromatic carbocycles. The summed E-state index contributed by atoms with van der Waals surface area (Å²) in [6, 6.07) is 0. The fourth-order valence-corrected chi connectivity index (χ4v) is 3.36. The Morgan fingerprint density at radius 1 is 1.00 bits per heavy atom. The number of carbonyl (C=O) groups excluding carboxylic acids is 2. The Labute approximate surface area is 127 Å². The number of rotatable bonds is 3. The molecule has 5 nitrogen and oxygen atoms in total. The van der Waals surface area contributed by atoms with Crippen molar-refractivity contribution in [1.29, 1.82) is 0 Å². The molecular formula is C16H29N3O2. The molecular weight excluding hydrogens is 266 g/mol. The van der Waals surface area contributed by atoms with Gasteiger partial charge in [0.25, 0.3) is 0 Å². The van der Waals surface area contributed by atoms with Crippen LogP contribution in [0.3, 0.4) is 0 Å². The van der Waals surface area contributed by atoms with E-state index in [0.717, 1.165) is 58.4 Å². The zero-order valence-electron chi connectivity index (χ0n) is 13.4. The molecule has 21 heavy (non-hydrogen) atoms. The van der Waals surface area contributed by atoms with Crippen molar-refractivity contribution in [3.8, 4) is 0 Å². The SMILES string of the molecule is CC(C)C(=O)N1CCC(C(=O)N2CCC(CN)CC2)CC1. The van der Waals surface area contributed by atoms with Crippen LogP contribution in [0.1, 0.15) is 39.5 Å². The highest BCUT2D eigenvalue weighted by atomic mass is 16.2. The summed E-state index contributed by atoms with van der Waals surface area (Å²) in [4.78, 5) is 28.4. The number of piperidine rings is 2. The summed E-state index contributed by atoms with van der Waals surface area (Å²) in [6.45, 7) is 7.76. The molecule has 2 aliphatic rings. The molecule has 2 rings (SSSR count). The maximum Gasteiger partial charge on any atom is 0.225 e. The third-order valence-electron chi connectivity index (χ3n) is 4.91. The molecule has 2 aliphatic heterocycles. The molecule has 0 bridgehead atoms. The molecule has 0 unspecified atom stereocenters. The van der Waals surface area contributed by atoms with E-state index in [1.807, 2.05) is 23.6 Å². The molecule has 2 fully saturated rings. The van der Waals surface area contributed by atoms with Gasteiger partial charge in [-0.1, -0.05) is 13.8 Å². The Balaban J connectivity index is 1.79. The number of amides is 2. The van der Waals surface area contributed by atoms with Gasteiger partial charge in [0.1, 0.15) is 0 Å². The minimum Gasteiger partial charge on any atom is -0.342 e. The van der Waals surface area contributed by atoms with E-state index in [1.165, 1.54) is 0 Å². The van der Waals surface area contributed by atoms with Crippen LogP contribution in [0, 0.1) is 17.8 Å². The van der Waals surface area contributed by atoms with Crippen LogP contribution in [0.25, 0.3) is 0 Å². The van der Waals surface area contributed by atoms with E-state index in [0.29, 0.717) is 11.8 Å². The number of nitrogens with zero attached hydrogens (tertiary/aromatic N) is 2. The summed E-state index contributed by atoms with van der Waals surface area (Å²) in [6.07, 6.45) is 3.70. The van der Waals surface area contributed by atoms with Crippen molar-refractivity contribution in [2.45, 2.75) is 39.5 Å². The monoisotopic (exact) mass is 295 g/mol. The topological polar surface area (TPSA) is 66.6 Å². The van der Waals surface area contributed by atoms with Gasteiger partial charge in [-0.05, 0) is 38.1 Å². The maximum absolute atomic E-state index is 12.5. The first kappa shape index (κ1) is 16.3. The van der Waals surface area contributed by atoms with Crippen molar-refractivity contribution in [1.82, 2.24) is 9.80 Å². The van der Waals surface area contributed by atoms with Crippen molar-refractivity contribution in [2.24, 2.45) is 23.5 Å². The summed E-state index contributed by atoms with van der Waals surface area (Å²) in [7, 11) is 0. The molecule has 2 amide bonds. The van der Waals surface area contributed by atoms with Crippen LogP contribution >= 0.6 is 0 Å². The first-order valence-corrected chi connectivity index (χ1v) is 8.30. The second-order valence-electron chi connectivity index (χ2n) is 6.76. The molecule has 0 saturated carbocycles. The number of carbonyl (C=O) groups is 2. The van der Waals surface area contributed by atoms with Crippen LogP contribution in [-0.2, 0) is 9.59 Å². The second-order valence-corrected chi connectivity index (χ2v) is 6.76. The van der Waals surface area contributed by atoms with E-state index < -0.39 is 0 Å². The lowest BCUT2D eigenvalue weighted by Crippen LogP contribution is -2.47. The van der Waals surface area contributed by atoms with E-state index in [2.05, 4.69) is 0 Å². The normalized spacial score (nSPS) is 21.9. The zero-order valence-corrected chi connectivity index (χ0v) is 13.4. The van der Waals surface area contributed by atoms with Gasteiger partial charge < -0.3 is 15.5 Å². The van der Waals surface area contributed by atoms with E-state index in [4.69, 9.17) is 5.73 Å². The average molecular weight is 295 g/mol. The van der Waals surface area contributed by atoms with Gasteiger partial charge in [0.15, 0.2) is 0 Å². The second kappa shape index (κ2) is 7.25. The standard InChI is InChI=1S/C16H29N3O2/c1-12(2)15(20)18-9-5-14(6-10-18)16(21)19-7-3-13(11-17)4-8-19/h12-14H,3-11,17H2,1-2H3. The highest BCUT2D eigenvalue weighted by molar-refractivity contribution is 5.81. The van der Waals surface area contributed by atoms with Crippen LogP contribution in [0.5, 0.6) is 0 Å². The van der Waals surface area contributed by atoms with Gasteiger partial charge in [-0.3, -0.25) is 9.59 Å². The van der Waals surface area contributed by atoms with E-state index in [9.17, 15) is 9.59 Å². The van der Waals surface area contributed by atoms with Gasteiger partial charge in [-0.15, -0.1) is 0 Å². The van der Waals surface area contributed by atoms with Gasteiger partial charge in [0.2, 0.25) is 11.8 Å². The molecule has 0 aromatic rings. The van der Waals surface area contributed by atoms with Crippen molar-refractivity contribution in [3.63, 3.8) is 0 Å². The quantitative estimate of drug-likeness (QED) is 0.847. The Bertz CT molecular complexity index is 368. The van der Waals surface area contributed by atoms with E-state index in [1.54, 1.807) is 0 Å². The predicted molar refractivity (Wildman–Crippen MR) is 82.5 cm³/mol. The Morgan fingerprint density at radius 2 is 1.52 bits per heavy atom. The highest BCUT2D eigenvalue weighted by Crippen LogP contribution is 2.24. The minimum absolute atomic E-state index is 0.0487. The first-order chi connectivity index (χ1) is 10.0. The molecule has 2 saturated heterocycles. The fourth-order valence-electron chi connectivity index (χ4n) is 3.36. The minimum atomic E-state index is 0.0487. The van der Waals surface area contributed by atoms with Crippen molar-refractivity contribution in [3.05, 3.63) is 0 Å². The van der Waals surface area contributed by atoms with Crippen LogP contribution in [0.4, 0.5) is 0 Å². The average Bonchev–Trinajstić information content (AvgIpc) is 2.53. The number of nitrogens with two attached hydrogens (primary N) is 1. The van der Waals surface area contributed by atoms with Gasteiger partial charge in [0.05, 0.1) is 0 Å². The van der Waals surface area contributed by atoms with Crippen molar-refractivity contribution < 1.29 is 9.59 Å². The molecule has 0 aliphatic carbocycles. The maximum atomic E-state index is 12.5. The summed E-state index contributed by atoms with van der Waals surface area (Å²) >= 11 is 0. The summed E-state index contributed by atoms with van der Waals surface area (Å²) in [5.41, 5.74) is 5.69. The fraction of sp³-hybridized carbons (Fsp3) is 0.875. The molecule has 2 heterocycles. The lowest BCUT2D eigenvalue weighted by atomic mass is 9.92. The van der Waals surface area contributed by atoms with Gasteiger partial charge in [0, 0.05) is 38.0 Å². The highest BCUT2D eigenvalue weighted by Gasteiger charge is 2.32. The zero-order chi connectivity index (χ0) is 15.4. The van der Waals surface area contributed by atoms with E-state index >= 15 is 0 Å². The molecule has 0 atom stereocenters. The molecule has 5 heteroatoms. The third kappa shape index (κ3) is 3.96. The van der Waals surface area contributed by atoms with Crippen LogP contribution in [-0.4, -0.2) is 54.3 Å². The molecule has 0 spiro atoms. The molecule has 120 valence electrons. The lowest BCUT2D eigenvalue weighted by Gasteiger charge is -2.37. The smallest absolute Gasteiger partial charge is 0.225 e. The molecule has 2 N–H and O–H groups in total. The Kier molecular flexibility index (Phi) is 5.62. The summed E-state index contributed by atoms with van der Waals surface area (Å²) in [5, 5.41) is 0. The Hall–Kier alpha value is -1.10.